The van der Waals surface area contributed by atoms with Crippen molar-refractivity contribution in [1.29, 1.82) is 0 Å². The van der Waals surface area contributed by atoms with E-state index in [1.165, 1.54) is 18.4 Å². The summed E-state index contributed by atoms with van der Waals surface area (Å²) in [5, 5.41) is 11.1. The van der Waals surface area contributed by atoms with Gasteiger partial charge in [0.25, 0.3) is 0 Å². The van der Waals surface area contributed by atoms with Crippen molar-refractivity contribution >= 4 is 11.6 Å². The Bertz CT molecular complexity index is 373. The van der Waals surface area contributed by atoms with Crippen LogP contribution in [0.2, 0.25) is 5.02 Å². The molecule has 0 spiro atoms. The first-order valence-corrected chi connectivity index (χ1v) is 7.27. The van der Waals surface area contributed by atoms with Gasteiger partial charge in [0.1, 0.15) is 0 Å². The van der Waals surface area contributed by atoms with E-state index in [1.54, 1.807) is 0 Å². The summed E-state index contributed by atoms with van der Waals surface area (Å²) >= 11 is 5.87. The first-order valence-electron chi connectivity index (χ1n) is 6.89. The second-order valence-electron chi connectivity index (χ2n) is 6.40. The molecule has 1 fully saturated rings. The van der Waals surface area contributed by atoms with Crippen molar-refractivity contribution in [2.45, 2.75) is 52.1 Å². The molecule has 0 amide bonds. The zero-order chi connectivity index (χ0) is 13.2. The molecule has 2 heteroatoms. The third kappa shape index (κ3) is 3.73. The lowest BCUT2D eigenvalue weighted by Crippen LogP contribution is -2.30. The molecule has 1 aliphatic carbocycles. The van der Waals surface area contributed by atoms with E-state index in [4.69, 9.17) is 11.6 Å². The fraction of sp³-hybridized carbons (Fsp3) is 0.625. The first-order chi connectivity index (χ1) is 8.46. The minimum Gasteiger partial charge on any atom is -0.392 e. The van der Waals surface area contributed by atoms with Crippen LogP contribution in [0, 0.1) is 11.3 Å². The molecule has 1 aliphatic rings. The van der Waals surface area contributed by atoms with Gasteiger partial charge in [-0.25, -0.2) is 0 Å². The monoisotopic (exact) mass is 266 g/mol. The highest BCUT2D eigenvalue weighted by molar-refractivity contribution is 6.30. The van der Waals surface area contributed by atoms with Crippen LogP contribution >= 0.6 is 11.6 Å². The summed E-state index contributed by atoms with van der Waals surface area (Å²) in [6.45, 7) is 4.66. The molecule has 1 nitrogen and oxygen atoms in total. The number of aliphatic hydroxyl groups is 1. The van der Waals surface area contributed by atoms with E-state index in [9.17, 15) is 5.11 Å². The van der Waals surface area contributed by atoms with Gasteiger partial charge in [-0.1, -0.05) is 37.6 Å². The smallest absolute Gasteiger partial charge is 0.0608 e. The first kappa shape index (κ1) is 13.9. The molecule has 18 heavy (non-hydrogen) atoms. The fourth-order valence-electron chi connectivity index (χ4n) is 2.84. The average molecular weight is 267 g/mol. The van der Waals surface area contributed by atoms with Gasteiger partial charge in [-0.15, -0.1) is 0 Å². The standard InChI is InChI=1S/C16H23ClO/c1-16(2)9-7-13(8-10-16)15(18)11-12-3-5-14(17)6-4-12/h3-6,13,15,18H,7-11H2,1-2H3. The van der Waals surface area contributed by atoms with E-state index < -0.39 is 0 Å². The average Bonchev–Trinajstić information content (AvgIpc) is 2.32. The molecule has 1 aromatic rings. The van der Waals surface area contributed by atoms with Crippen molar-refractivity contribution in [3.8, 4) is 0 Å². The van der Waals surface area contributed by atoms with Crippen molar-refractivity contribution in [2.24, 2.45) is 11.3 Å². The van der Waals surface area contributed by atoms with Gasteiger partial charge in [-0.05, 0) is 61.1 Å². The summed E-state index contributed by atoms with van der Waals surface area (Å²) in [5.41, 5.74) is 1.65. The molecule has 0 bridgehead atoms. The SMILES string of the molecule is CC1(C)CCC(C(O)Cc2ccc(Cl)cc2)CC1. The molecule has 1 atom stereocenters. The van der Waals surface area contributed by atoms with Crippen molar-refractivity contribution < 1.29 is 5.11 Å². The molecule has 1 saturated carbocycles. The predicted octanol–water partition coefficient (Wildman–Crippen LogP) is 4.46. The summed E-state index contributed by atoms with van der Waals surface area (Å²) in [5.74, 6) is 0.466. The second kappa shape index (κ2) is 5.63. The lowest BCUT2D eigenvalue weighted by atomic mass is 9.71. The summed E-state index contributed by atoms with van der Waals surface area (Å²) in [6, 6.07) is 7.82. The van der Waals surface area contributed by atoms with Crippen molar-refractivity contribution in [2.75, 3.05) is 0 Å². The topological polar surface area (TPSA) is 20.2 Å². The summed E-state index contributed by atoms with van der Waals surface area (Å²) in [4.78, 5) is 0. The lowest BCUT2D eigenvalue weighted by molar-refractivity contribution is 0.0576. The van der Waals surface area contributed by atoms with Gasteiger partial charge in [-0.3, -0.25) is 0 Å². The van der Waals surface area contributed by atoms with E-state index in [2.05, 4.69) is 13.8 Å². The van der Waals surface area contributed by atoms with Crippen LogP contribution < -0.4 is 0 Å². The van der Waals surface area contributed by atoms with Crippen LogP contribution in [0.25, 0.3) is 0 Å². The molecule has 0 aliphatic heterocycles. The highest BCUT2D eigenvalue weighted by Crippen LogP contribution is 2.39. The van der Waals surface area contributed by atoms with E-state index >= 15 is 0 Å². The molecular formula is C16H23ClO. The van der Waals surface area contributed by atoms with Crippen molar-refractivity contribution in [1.82, 2.24) is 0 Å². The van der Waals surface area contributed by atoms with Crippen LogP contribution in [0.15, 0.2) is 24.3 Å². The Kier molecular flexibility index (Phi) is 4.34. The van der Waals surface area contributed by atoms with E-state index in [0.29, 0.717) is 11.3 Å². The molecule has 0 aromatic heterocycles. The van der Waals surface area contributed by atoms with E-state index in [1.807, 2.05) is 24.3 Å². The number of rotatable bonds is 3. The lowest BCUT2D eigenvalue weighted by Gasteiger charge is -2.36. The highest BCUT2D eigenvalue weighted by Gasteiger charge is 2.30. The Morgan fingerprint density at radius 2 is 1.78 bits per heavy atom. The van der Waals surface area contributed by atoms with Crippen LogP contribution in [0.5, 0.6) is 0 Å². The molecule has 0 radical (unpaired) electrons. The summed E-state index contributed by atoms with van der Waals surface area (Å²) in [6.07, 6.45) is 5.32. The van der Waals surface area contributed by atoms with Gasteiger partial charge >= 0.3 is 0 Å². The maximum atomic E-state index is 10.3. The molecule has 1 N–H and O–H groups in total. The van der Waals surface area contributed by atoms with Crippen LogP contribution in [-0.4, -0.2) is 11.2 Å². The maximum absolute atomic E-state index is 10.3. The van der Waals surface area contributed by atoms with Gasteiger partial charge in [0.15, 0.2) is 0 Å². The number of aliphatic hydroxyl groups excluding tert-OH is 1. The van der Waals surface area contributed by atoms with Crippen LogP contribution in [0.3, 0.4) is 0 Å². The predicted molar refractivity (Wildman–Crippen MR) is 76.9 cm³/mol. The van der Waals surface area contributed by atoms with Gasteiger partial charge in [0.05, 0.1) is 6.10 Å². The molecule has 0 heterocycles. The maximum Gasteiger partial charge on any atom is 0.0608 e. The number of hydrogen-bond donors (Lipinski definition) is 1. The van der Waals surface area contributed by atoms with Gasteiger partial charge in [-0.2, -0.15) is 0 Å². The third-order valence-corrected chi connectivity index (χ3v) is 4.54. The Morgan fingerprint density at radius 3 is 2.33 bits per heavy atom. The van der Waals surface area contributed by atoms with E-state index in [0.717, 1.165) is 24.3 Å². The quantitative estimate of drug-likeness (QED) is 0.856. The molecule has 0 saturated heterocycles. The molecule has 2 rings (SSSR count). The van der Waals surface area contributed by atoms with Crippen molar-refractivity contribution in [3.63, 3.8) is 0 Å². The Balaban J connectivity index is 1.89. The van der Waals surface area contributed by atoms with E-state index in [-0.39, 0.29) is 6.10 Å². The van der Waals surface area contributed by atoms with Crippen LogP contribution in [-0.2, 0) is 6.42 Å². The number of hydrogen-bond acceptors (Lipinski definition) is 1. The van der Waals surface area contributed by atoms with Crippen molar-refractivity contribution in [3.05, 3.63) is 34.9 Å². The van der Waals surface area contributed by atoms with Gasteiger partial charge < -0.3 is 5.11 Å². The number of halogens is 1. The largest absolute Gasteiger partial charge is 0.392 e. The normalized spacial score (nSPS) is 21.8. The minimum atomic E-state index is -0.206. The Labute approximate surface area is 115 Å². The highest BCUT2D eigenvalue weighted by atomic mass is 35.5. The Morgan fingerprint density at radius 1 is 1.22 bits per heavy atom. The molecule has 1 aromatic carbocycles. The van der Waals surface area contributed by atoms with Crippen LogP contribution in [0.4, 0.5) is 0 Å². The molecule has 100 valence electrons. The fourth-order valence-corrected chi connectivity index (χ4v) is 2.96. The molecular weight excluding hydrogens is 244 g/mol. The summed E-state index contributed by atoms with van der Waals surface area (Å²) in [7, 11) is 0. The number of benzene rings is 1. The zero-order valence-electron chi connectivity index (χ0n) is 11.3. The third-order valence-electron chi connectivity index (χ3n) is 4.29. The van der Waals surface area contributed by atoms with Crippen LogP contribution in [0.1, 0.15) is 45.1 Å². The summed E-state index contributed by atoms with van der Waals surface area (Å²) < 4.78 is 0. The minimum absolute atomic E-state index is 0.206. The zero-order valence-corrected chi connectivity index (χ0v) is 12.1. The molecule has 1 unspecified atom stereocenters. The van der Waals surface area contributed by atoms with Gasteiger partial charge in [0, 0.05) is 5.02 Å². The van der Waals surface area contributed by atoms with Gasteiger partial charge in [0.2, 0.25) is 0 Å². The second-order valence-corrected chi connectivity index (χ2v) is 6.84. The Hall–Kier alpha value is -0.530.